The Balaban J connectivity index is 1.44. The average molecular weight is 474 g/mol. The van der Waals surface area contributed by atoms with Crippen molar-refractivity contribution in [3.8, 4) is 11.5 Å². The van der Waals surface area contributed by atoms with Crippen LogP contribution >= 0.6 is 11.3 Å². The van der Waals surface area contributed by atoms with Gasteiger partial charge in [0, 0.05) is 26.2 Å². The maximum absolute atomic E-state index is 14.2. The molecule has 33 heavy (non-hydrogen) atoms. The summed E-state index contributed by atoms with van der Waals surface area (Å²) in [6, 6.07) is 12.0. The number of benzene rings is 2. The zero-order valence-electron chi connectivity index (χ0n) is 18.7. The molecule has 1 aliphatic heterocycles. The number of carbonyl (C=O) groups excluding carboxylic acids is 1. The van der Waals surface area contributed by atoms with E-state index in [2.05, 4.69) is 9.88 Å². The van der Waals surface area contributed by atoms with E-state index in [1.807, 2.05) is 13.0 Å². The lowest BCUT2D eigenvalue weighted by atomic mass is 10.3. The highest BCUT2D eigenvalue weighted by molar-refractivity contribution is 7.22. The highest BCUT2D eigenvalue weighted by atomic mass is 32.1. The number of morpholine rings is 1. The Morgan fingerprint density at radius 1 is 1.15 bits per heavy atom. The minimum absolute atomic E-state index is 0.135. The van der Waals surface area contributed by atoms with Gasteiger partial charge in [-0.2, -0.15) is 0 Å². The van der Waals surface area contributed by atoms with E-state index in [1.165, 1.54) is 17.4 Å². The third kappa shape index (κ3) is 6.19. The average Bonchev–Trinajstić information content (AvgIpc) is 3.27. The van der Waals surface area contributed by atoms with Crippen LogP contribution in [0.4, 0.5) is 9.52 Å². The van der Waals surface area contributed by atoms with Gasteiger partial charge in [0.15, 0.2) is 11.7 Å². The summed E-state index contributed by atoms with van der Waals surface area (Å²) in [6.45, 7) is 6.94. The summed E-state index contributed by atoms with van der Waals surface area (Å²) >= 11 is 1.31. The van der Waals surface area contributed by atoms with Crippen LogP contribution in [0.5, 0.6) is 11.5 Å². The monoisotopic (exact) mass is 473 g/mol. The third-order valence-corrected chi connectivity index (χ3v) is 6.39. The molecule has 1 aliphatic rings. The van der Waals surface area contributed by atoms with Crippen molar-refractivity contribution in [2.24, 2.45) is 0 Å². The van der Waals surface area contributed by atoms with Crippen LogP contribution in [0.1, 0.15) is 13.3 Å². The van der Waals surface area contributed by atoms with Crippen molar-refractivity contribution in [2.45, 2.75) is 13.3 Å². The van der Waals surface area contributed by atoms with Crippen LogP contribution in [0.15, 0.2) is 42.5 Å². The summed E-state index contributed by atoms with van der Waals surface area (Å²) in [5, 5.41) is 0.484. The normalized spacial score (nSPS) is 14.4. The molecular weight excluding hydrogens is 445 g/mol. The maximum atomic E-state index is 14.2. The zero-order chi connectivity index (χ0) is 23.0. The zero-order valence-corrected chi connectivity index (χ0v) is 19.5. The fourth-order valence-corrected chi connectivity index (χ4v) is 4.67. The van der Waals surface area contributed by atoms with Gasteiger partial charge in [-0.15, -0.1) is 0 Å². The summed E-state index contributed by atoms with van der Waals surface area (Å²) in [5.41, 5.74) is 0.288. The van der Waals surface area contributed by atoms with E-state index in [4.69, 9.17) is 14.2 Å². The van der Waals surface area contributed by atoms with Crippen LogP contribution in [0, 0.1) is 5.82 Å². The number of hydrogen-bond acceptors (Lipinski definition) is 7. The smallest absolute Gasteiger partial charge is 0.266 e. The Morgan fingerprint density at radius 3 is 2.58 bits per heavy atom. The number of anilines is 1. The van der Waals surface area contributed by atoms with Crippen LogP contribution in [0.3, 0.4) is 0 Å². The van der Waals surface area contributed by atoms with Crippen LogP contribution in [-0.2, 0) is 9.53 Å². The van der Waals surface area contributed by atoms with Gasteiger partial charge in [-0.05, 0) is 49.7 Å². The van der Waals surface area contributed by atoms with E-state index in [-0.39, 0.29) is 23.8 Å². The molecule has 0 N–H and O–H groups in total. The molecule has 1 amide bonds. The number of fused-ring (bicyclic) bond motifs is 1. The SMILES string of the molecule is CCOc1ccc(OCC(=O)N(CCCN2CCOCC2)c2nc3c(F)cccc3s2)cc1. The molecule has 3 aromatic rings. The van der Waals surface area contributed by atoms with Crippen molar-refractivity contribution < 1.29 is 23.4 Å². The molecule has 0 atom stereocenters. The molecule has 0 unspecified atom stereocenters. The number of amides is 1. The molecule has 1 aromatic heterocycles. The first kappa shape index (κ1) is 23.4. The lowest BCUT2D eigenvalue weighted by Crippen LogP contribution is -2.40. The number of ether oxygens (including phenoxy) is 3. The number of halogens is 1. The largest absolute Gasteiger partial charge is 0.494 e. The second kappa shape index (κ2) is 11.4. The van der Waals surface area contributed by atoms with Crippen molar-refractivity contribution in [3.05, 3.63) is 48.3 Å². The number of aromatic nitrogens is 1. The minimum atomic E-state index is -0.388. The molecule has 0 bridgehead atoms. The topological polar surface area (TPSA) is 64.1 Å². The Hall–Kier alpha value is -2.75. The molecular formula is C24H28FN3O4S. The molecule has 0 aliphatic carbocycles. The second-order valence-electron chi connectivity index (χ2n) is 7.63. The van der Waals surface area contributed by atoms with E-state index in [0.29, 0.717) is 28.7 Å². The van der Waals surface area contributed by atoms with E-state index < -0.39 is 0 Å². The van der Waals surface area contributed by atoms with Gasteiger partial charge >= 0.3 is 0 Å². The first-order valence-electron chi connectivity index (χ1n) is 11.1. The van der Waals surface area contributed by atoms with Gasteiger partial charge in [0.05, 0.1) is 24.5 Å². The number of thiazole rings is 1. The molecule has 2 aromatic carbocycles. The van der Waals surface area contributed by atoms with Gasteiger partial charge in [0.25, 0.3) is 5.91 Å². The number of nitrogens with zero attached hydrogens (tertiary/aromatic N) is 3. The van der Waals surface area contributed by atoms with E-state index in [0.717, 1.165) is 45.0 Å². The van der Waals surface area contributed by atoms with Gasteiger partial charge in [-0.25, -0.2) is 9.37 Å². The summed E-state index contributed by atoms with van der Waals surface area (Å²) in [6.07, 6.45) is 0.771. The number of carbonyl (C=O) groups is 1. The first-order valence-corrected chi connectivity index (χ1v) is 12.0. The molecule has 7 nitrogen and oxygen atoms in total. The van der Waals surface area contributed by atoms with Gasteiger partial charge < -0.3 is 14.2 Å². The minimum Gasteiger partial charge on any atom is -0.494 e. The molecule has 0 saturated carbocycles. The van der Waals surface area contributed by atoms with Crippen molar-refractivity contribution in [1.29, 1.82) is 0 Å². The Bertz CT molecular complexity index is 1050. The molecule has 9 heteroatoms. The van der Waals surface area contributed by atoms with Crippen LogP contribution in [0.25, 0.3) is 10.2 Å². The molecule has 176 valence electrons. The fourth-order valence-electron chi connectivity index (χ4n) is 3.64. The summed E-state index contributed by atoms with van der Waals surface area (Å²) in [5.74, 6) is 0.722. The third-order valence-electron chi connectivity index (χ3n) is 5.35. The van der Waals surface area contributed by atoms with E-state index >= 15 is 0 Å². The highest BCUT2D eigenvalue weighted by Gasteiger charge is 2.22. The Kier molecular flexibility index (Phi) is 8.09. The number of hydrogen-bond donors (Lipinski definition) is 0. The van der Waals surface area contributed by atoms with Crippen molar-refractivity contribution in [2.75, 3.05) is 57.5 Å². The van der Waals surface area contributed by atoms with Crippen molar-refractivity contribution in [3.63, 3.8) is 0 Å². The Morgan fingerprint density at radius 2 is 1.88 bits per heavy atom. The molecule has 1 fully saturated rings. The Labute approximate surface area is 196 Å². The predicted octanol–water partition coefficient (Wildman–Crippen LogP) is 3.97. The van der Waals surface area contributed by atoms with Gasteiger partial charge in [0.2, 0.25) is 0 Å². The van der Waals surface area contributed by atoms with Gasteiger partial charge in [-0.1, -0.05) is 17.4 Å². The number of rotatable bonds is 10. The summed E-state index contributed by atoms with van der Waals surface area (Å²) in [7, 11) is 0. The molecule has 4 rings (SSSR count). The van der Waals surface area contributed by atoms with E-state index in [9.17, 15) is 9.18 Å². The first-order chi connectivity index (χ1) is 16.1. The highest BCUT2D eigenvalue weighted by Crippen LogP contribution is 2.30. The second-order valence-corrected chi connectivity index (χ2v) is 8.64. The fraction of sp³-hybridized carbons (Fsp3) is 0.417. The number of para-hydroxylation sites is 1. The molecule has 1 saturated heterocycles. The summed E-state index contributed by atoms with van der Waals surface area (Å²) < 4.78 is 31.5. The lowest BCUT2D eigenvalue weighted by molar-refractivity contribution is -0.120. The van der Waals surface area contributed by atoms with Crippen molar-refractivity contribution >= 4 is 32.6 Å². The molecule has 2 heterocycles. The van der Waals surface area contributed by atoms with E-state index in [1.54, 1.807) is 35.2 Å². The standard InChI is InChI=1S/C24H28FN3O4S/c1-2-31-18-7-9-19(10-8-18)32-17-22(29)28(12-4-11-27-13-15-30-16-14-27)24-26-23-20(25)5-3-6-21(23)33-24/h3,5-10H,2,4,11-17H2,1H3. The van der Waals surface area contributed by atoms with Crippen LogP contribution in [0.2, 0.25) is 0 Å². The van der Waals surface area contributed by atoms with Crippen LogP contribution in [-0.4, -0.2) is 68.4 Å². The van der Waals surface area contributed by atoms with Gasteiger partial charge in [0.1, 0.15) is 22.8 Å². The molecule has 0 spiro atoms. The predicted molar refractivity (Wildman–Crippen MR) is 127 cm³/mol. The summed E-state index contributed by atoms with van der Waals surface area (Å²) in [4.78, 5) is 21.5. The lowest BCUT2D eigenvalue weighted by Gasteiger charge is -2.27. The van der Waals surface area contributed by atoms with Gasteiger partial charge in [-0.3, -0.25) is 14.6 Å². The van der Waals surface area contributed by atoms with Crippen LogP contribution < -0.4 is 14.4 Å². The quantitative estimate of drug-likeness (QED) is 0.444. The maximum Gasteiger partial charge on any atom is 0.266 e. The molecule has 0 radical (unpaired) electrons. The van der Waals surface area contributed by atoms with Crippen molar-refractivity contribution in [1.82, 2.24) is 9.88 Å².